The van der Waals surface area contributed by atoms with E-state index in [4.69, 9.17) is 0 Å². The van der Waals surface area contributed by atoms with Gasteiger partial charge >= 0.3 is 15.6 Å². The van der Waals surface area contributed by atoms with Crippen LogP contribution in [0.1, 0.15) is 25.0 Å². The number of para-hydroxylation sites is 1. The lowest BCUT2D eigenvalue weighted by Gasteiger charge is -2.15. The molecule has 9 heteroatoms. The Balaban J connectivity index is 3.12. The molecule has 0 aliphatic carbocycles. The molecule has 20 heavy (non-hydrogen) atoms. The molecule has 0 aliphatic heterocycles. The van der Waals surface area contributed by atoms with Gasteiger partial charge in [0.25, 0.3) is 0 Å². The van der Waals surface area contributed by atoms with Gasteiger partial charge in [0, 0.05) is 12.0 Å². The number of halogens is 3. The van der Waals surface area contributed by atoms with Crippen molar-refractivity contribution in [2.24, 2.45) is 0 Å². The highest BCUT2D eigenvalue weighted by Crippen LogP contribution is 2.32. The summed E-state index contributed by atoms with van der Waals surface area (Å²) in [6.07, 6.45) is -1.82. The van der Waals surface area contributed by atoms with E-state index >= 15 is 0 Å². The minimum atomic E-state index is -5.83. The third-order valence-corrected chi connectivity index (χ3v) is 3.21. The predicted octanol–water partition coefficient (Wildman–Crippen LogP) is 1.93. The van der Waals surface area contributed by atoms with Gasteiger partial charge in [0.15, 0.2) is 0 Å². The molecular weight excluding hydrogens is 301 g/mol. The van der Waals surface area contributed by atoms with Crippen LogP contribution in [0.25, 0.3) is 0 Å². The summed E-state index contributed by atoms with van der Waals surface area (Å²) >= 11 is 0. The van der Waals surface area contributed by atoms with Crippen LogP contribution < -0.4 is 4.18 Å². The van der Waals surface area contributed by atoms with E-state index in [1.807, 2.05) is 0 Å². The average molecular weight is 312 g/mol. The van der Waals surface area contributed by atoms with E-state index in [-0.39, 0.29) is 12.0 Å². The quantitative estimate of drug-likeness (QED) is 0.664. The van der Waals surface area contributed by atoms with Crippen molar-refractivity contribution in [1.29, 1.82) is 0 Å². The normalized spacial score (nSPS) is 13.8. The summed E-state index contributed by atoms with van der Waals surface area (Å²) in [5.74, 6) is -1.08. The lowest BCUT2D eigenvalue weighted by Crippen LogP contribution is -2.28. The van der Waals surface area contributed by atoms with E-state index < -0.39 is 33.3 Å². The van der Waals surface area contributed by atoms with Crippen LogP contribution in [0, 0.1) is 0 Å². The molecule has 0 amide bonds. The zero-order valence-corrected chi connectivity index (χ0v) is 11.0. The Morgan fingerprint density at radius 3 is 2.40 bits per heavy atom. The fraction of sp³-hybridized carbons (Fsp3) is 0.364. The van der Waals surface area contributed by atoms with Crippen LogP contribution in [-0.2, 0) is 14.9 Å². The van der Waals surface area contributed by atoms with Gasteiger partial charge in [-0.1, -0.05) is 18.2 Å². The zero-order valence-electron chi connectivity index (χ0n) is 10.2. The topological polar surface area (TPSA) is 80.7 Å². The van der Waals surface area contributed by atoms with E-state index in [9.17, 15) is 31.5 Å². The summed E-state index contributed by atoms with van der Waals surface area (Å²) in [4.78, 5) is 10.9. The maximum Gasteiger partial charge on any atom is 0.534 e. The molecule has 0 unspecified atom stereocenters. The van der Waals surface area contributed by atoms with Crippen molar-refractivity contribution in [3.63, 3.8) is 0 Å². The van der Waals surface area contributed by atoms with Gasteiger partial charge in [0.1, 0.15) is 11.5 Å². The van der Waals surface area contributed by atoms with Gasteiger partial charge in [-0.2, -0.15) is 21.6 Å². The molecule has 0 aliphatic rings. The van der Waals surface area contributed by atoms with Crippen LogP contribution in [0.4, 0.5) is 13.2 Å². The Morgan fingerprint density at radius 1 is 1.35 bits per heavy atom. The van der Waals surface area contributed by atoms with Crippen molar-refractivity contribution in [3.05, 3.63) is 29.8 Å². The third-order valence-electron chi connectivity index (χ3n) is 2.24. The first-order valence-corrected chi connectivity index (χ1v) is 6.72. The van der Waals surface area contributed by atoms with E-state index in [0.29, 0.717) is 0 Å². The van der Waals surface area contributed by atoms with E-state index in [1.165, 1.54) is 25.1 Å². The number of aliphatic hydroxyl groups is 1. The number of aliphatic hydroxyl groups excluding tert-OH is 1. The second kappa shape index (κ2) is 5.80. The number of carbonyl (C=O) groups is 1. The molecule has 0 saturated heterocycles. The van der Waals surface area contributed by atoms with Gasteiger partial charge in [0.2, 0.25) is 0 Å². The zero-order chi connectivity index (χ0) is 15.6. The van der Waals surface area contributed by atoms with Crippen molar-refractivity contribution in [1.82, 2.24) is 0 Å². The highest BCUT2D eigenvalue weighted by molar-refractivity contribution is 7.88. The van der Waals surface area contributed by atoms with Crippen molar-refractivity contribution in [2.45, 2.75) is 25.0 Å². The Morgan fingerprint density at radius 2 is 1.90 bits per heavy atom. The van der Waals surface area contributed by atoms with Gasteiger partial charge in [-0.05, 0) is 13.0 Å². The molecule has 0 fully saturated rings. The number of hydrogen-bond donors (Lipinski definition) is 1. The standard InChI is InChI=1S/C11H11F3O5S/c1-7(15)6-9(16)8-4-2-3-5-10(8)19-20(17,18)11(12,13)14/h2-5,9,16H,6H2,1H3/t9-/m0/s1. The summed E-state index contributed by atoms with van der Waals surface area (Å²) in [6, 6.07) is 4.74. The lowest BCUT2D eigenvalue weighted by atomic mass is 10.0. The smallest absolute Gasteiger partial charge is 0.388 e. The average Bonchev–Trinajstić information content (AvgIpc) is 2.26. The van der Waals surface area contributed by atoms with Gasteiger partial charge < -0.3 is 9.29 Å². The SMILES string of the molecule is CC(=O)C[C@H](O)c1ccccc1OS(=O)(=O)C(F)(F)F. The van der Waals surface area contributed by atoms with Gasteiger partial charge in [-0.25, -0.2) is 0 Å². The molecule has 0 radical (unpaired) electrons. The number of ketones is 1. The monoisotopic (exact) mass is 312 g/mol. The first-order valence-electron chi connectivity index (χ1n) is 5.32. The molecule has 1 N–H and O–H groups in total. The van der Waals surface area contributed by atoms with Crippen LogP contribution >= 0.6 is 0 Å². The molecule has 0 spiro atoms. The van der Waals surface area contributed by atoms with Crippen LogP contribution in [0.5, 0.6) is 5.75 Å². The van der Waals surface area contributed by atoms with Crippen LogP contribution in [-0.4, -0.2) is 24.8 Å². The number of alkyl halides is 3. The highest BCUT2D eigenvalue weighted by Gasteiger charge is 2.48. The third kappa shape index (κ3) is 3.94. The summed E-state index contributed by atoms with van der Waals surface area (Å²) in [5.41, 5.74) is -5.79. The van der Waals surface area contributed by atoms with E-state index in [1.54, 1.807) is 0 Å². The van der Waals surface area contributed by atoms with Crippen molar-refractivity contribution in [3.8, 4) is 5.75 Å². The maximum atomic E-state index is 12.2. The molecule has 0 heterocycles. The molecule has 0 saturated carbocycles. The summed E-state index contributed by atoms with van der Waals surface area (Å²) < 4.78 is 62.5. The van der Waals surface area contributed by atoms with Gasteiger partial charge in [0.05, 0.1) is 6.10 Å². The summed E-state index contributed by atoms with van der Waals surface area (Å²) in [6.45, 7) is 1.18. The van der Waals surface area contributed by atoms with Crippen LogP contribution in [0.2, 0.25) is 0 Å². The van der Waals surface area contributed by atoms with Crippen molar-refractivity contribution >= 4 is 15.9 Å². The van der Waals surface area contributed by atoms with Crippen LogP contribution in [0.3, 0.4) is 0 Å². The van der Waals surface area contributed by atoms with E-state index in [0.717, 1.165) is 6.07 Å². The first-order chi connectivity index (χ1) is 9.04. The maximum absolute atomic E-state index is 12.2. The minimum Gasteiger partial charge on any atom is -0.388 e. The van der Waals surface area contributed by atoms with Crippen LogP contribution in [0.15, 0.2) is 24.3 Å². The molecule has 0 aromatic heterocycles. The minimum absolute atomic E-state index is 0.212. The van der Waals surface area contributed by atoms with E-state index in [2.05, 4.69) is 4.18 Å². The first kappa shape index (κ1) is 16.4. The number of rotatable bonds is 5. The molecule has 5 nitrogen and oxygen atoms in total. The second-order valence-electron chi connectivity index (χ2n) is 3.94. The number of benzene rings is 1. The molecule has 0 bridgehead atoms. The van der Waals surface area contributed by atoms with Crippen molar-refractivity contribution in [2.75, 3.05) is 0 Å². The lowest BCUT2D eigenvalue weighted by molar-refractivity contribution is -0.118. The largest absolute Gasteiger partial charge is 0.534 e. The Kier molecular flexibility index (Phi) is 4.77. The molecule has 1 atom stereocenters. The van der Waals surface area contributed by atoms with Gasteiger partial charge in [-0.3, -0.25) is 4.79 Å². The Hall–Kier alpha value is -1.61. The number of carbonyl (C=O) groups excluding carboxylic acids is 1. The summed E-state index contributed by atoms with van der Waals surface area (Å²) in [7, 11) is -5.83. The highest BCUT2D eigenvalue weighted by atomic mass is 32.2. The molecular formula is C11H11F3O5S. The molecule has 1 aromatic rings. The number of hydrogen-bond acceptors (Lipinski definition) is 5. The predicted molar refractivity (Wildman–Crippen MR) is 62.3 cm³/mol. The fourth-order valence-corrected chi connectivity index (χ4v) is 1.86. The molecule has 112 valence electrons. The Labute approximate surface area is 113 Å². The van der Waals surface area contributed by atoms with Gasteiger partial charge in [-0.15, -0.1) is 0 Å². The fourth-order valence-electron chi connectivity index (χ4n) is 1.38. The summed E-state index contributed by atoms with van der Waals surface area (Å²) in [5, 5.41) is 9.69. The second-order valence-corrected chi connectivity index (χ2v) is 5.48. The molecule has 1 rings (SSSR count). The number of Topliss-reactive ketones (excluding diaryl/α,β-unsaturated/α-hetero) is 1. The Bertz CT molecular complexity index is 594. The van der Waals surface area contributed by atoms with Crippen molar-refractivity contribution < 1.29 is 35.7 Å². The molecule has 1 aromatic carbocycles.